The van der Waals surface area contributed by atoms with Crippen LogP contribution in [0.25, 0.3) is 10.9 Å². The third-order valence-corrected chi connectivity index (χ3v) is 7.64. The quantitative estimate of drug-likeness (QED) is 0.832. The topological polar surface area (TPSA) is 62.4 Å². The molecule has 2 atom stereocenters. The van der Waals surface area contributed by atoms with Gasteiger partial charge in [0.2, 0.25) is 0 Å². The monoisotopic (exact) mass is 376 g/mol. The maximum absolute atomic E-state index is 11.9. The standard InChI is InChI=1S/C20H28N2O3S/c1-4-26(23,24)25-13-15-6-5-10-22-11-9-16-17-12-14(2)7-8-18(17)21-19(16)20(15,22)3/h7-8,12,15,21H,4-6,9-11,13H2,1-3H3. The van der Waals surface area contributed by atoms with Gasteiger partial charge in [0, 0.05) is 29.1 Å². The largest absolute Gasteiger partial charge is 0.357 e. The molecule has 3 heterocycles. The molecule has 5 nitrogen and oxygen atoms in total. The maximum Gasteiger partial charge on any atom is 0.267 e. The first-order valence-electron chi connectivity index (χ1n) is 9.59. The van der Waals surface area contributed by atoms with E-state index in [4.69, 9.17) is 4.18 Å². The molecule has 2 aromatic rings. The van der Waals surface area contributed by atoms with E-state index in [-0.39, 0.29) is 23.8 Å². The zero-order valence-corrected chi connectivity index (χ0v) is 16.7. The number of aromatic amines is 1. The fourth-order valence-electron chi connectivity index (χ4n) is 4.82. The van der Waals surface area contributed by atoms with E-state index in [1.165, 1.54) is 27.7 Å². The van der Waals surface area contributed by atoms with E-state index >= 15 is 0 Å². The zero-order valence-electron chi connectivity index (χ0n) is 15.8. The van der Waals surface area contributed by atoms with Crippen molar-refractivity contribution in [3.8, 4) is 0 Å². The van der Waals surface area contributed by atoms with Crippen molar-refractivity contribution < 1.29 is 12.6 Å². The molecular formula is C20H28N2O3S. The molecule has 0 radical (unpaired) electrons. The molecule has 1 aromatic heterocycles. The lowest BCUT2D eigenvalue weighted by atomic mass is 9.72. The van der Waals surface area contributed by atoms with Crippen LogP contribution in [0.15, 0.2) is 18.2 Å². The number of benzene rings is 1. The van der Waals surface area contributed by atoms with E-state index in [9.17, 15) is 8.42 Å². The Morgan fingerprint density at radius 3 is 2.92 bits per heavy atom. The van der Waals surface area contributed by atoms with Crippen molar-refractivity contribution >= 4 is 21.0 Å². The van der Waals surface area contributed by atoms with Crippen molar-refractivity contribution in [2.45, 2.75) is 45.6 Å². The molecule has 2 unspecified atom stereocenters. The van der Waals surface area contributed by atoms with Crippen molar-refractivity contribution in [1.29, 1.82) is 0 Å². The van der Waals surface area contributed by atoms with E-state index in [1.54, 1.807) is 6.92 Å². The van der Waals surface area contributed by atoms with Crippen molar-refractivity contribution in [2.24, 2.45) is 5.92 Å². The summed E-state index contributed by atoms with van der Waals surface area (Å²) in [5.74, 6) is 0.183. The third kappa shape index (κ3) is 2.79. The summed E-state index contributed by atoms with van der Waals surface area (Å²) in [7, 11) is -3.42. The van der Waals surface area contributed by atoms with Gasteiger partial charge < -0.3 is 4.98 Å². The molecule has 1 aromatic carbocycles. The number of aryl methyl sites for hydroxylation is 1. The lowest BCUT2D eigenvalue weighted by molar-refractivity contribution is -0.0249. The van der Waals surface area contributed by atoms with E-state index in [0.29, 0.717) is 0 Å². The zero-order chi connectivity index (χ0) is 18.5. The van der Waals surface area contributed by atoms with Crippen LogP contribution in [0.4, 0.5) is 0 Å². The maximum atomic E-state index is 11.9. The average molecular weight is 377 g/mol. The SMILES string of the molecule is CCS(=O)(=O)OCC1CCCN2CCc3c([nH]c4ccc(C)cc34)C12C. The summed E-state index contributed by atoms with van der Waals surface area (Å²) in [6, 6.07) is 6.56. The molecule has 26 heavy (non-hydrogen) atoms. The van der Waals surface area contributed by atoms with Gasteiger partial charge in [0.25, 0.3) is 10.1 Å². The van der Waals surface area contributed by atoms with Crippen LogP contribution in [0.3, 0.4) is 0 Å². The van der Waals surface area contributed by atoms with Gasteiger partial charge in [0.15, 0.2) is 0 Å². The lowest BCUT2D eigenvalue weighted by Gasteiger charge is -2.52. The Morgan fingerprint density at radius 2 is 2.15 bits per heavy atom. The van der Waals surface area contributed by atoms with Crippen LogP contribution in [-0.2, 0) is 26.3 Å². The van der Waals surface area contributed by atoms with Gasteiger partial charge in [-0.3, -0.25) is 9.08 Å². The highest BCUT2D eigenvalue weighted by atomic mass is 32.2. The number of aromatic nitrogens is 1. The minimum absolute atomic E-state index is 0.0249. The van der Waals surface area contributed by atoms with Gasteiger partial charge in [0.1, 0.15) is 0 Å². The Labute approximate surface area is 155 Å². The Balaban J connectivity index is 1.77. The van der Waals surface area contributed by atoms with Gasteiger partial charge >= 0.3 is 0 Å². The summed E-state index contributed by atoms with van der Waals surface area (Å²) in [5, 5.41) is 1.31. The molecule has 2 aliphatic heterocycles. The Hall–Kier alpha value is -1.37. The summed E-state index contributed by atoms with van der Waals surface area (Å²) in [6.45, 7) is 8.35. The fourth-order valence-corrected chi connectivity index (χ4v) is 5.36. The number of hydrogen-bond acceptors (Lipinski definition) is 4. The molecule has 1 N–H and O–H groups in total. The Morgan fingerprint density at radius 1 is 1.35 bits per heavy atom. The van der Waals surface area contributed by atoms with Crippen LogP contribution in [0.1, 0.15) is 43.5 Å². The van der Waals surface area contributed by atoms with Crippen LogP contribution in [-0.4, -0.2) is 43.8 Å². The van der Waals surface area contributed by atoms with Crippen LogP contribution in [0.5, 0.6) is 0 Å². The summed E-state index contributed by atoms with van der Waals surface area (Å²) in [6.07, 6.45) is 3.11. The second-order valence-electron chi connectivity index (χ2n) is 7.88. The molecule has 6 heteroatoms. The van der Waals surface area contributed by atoms with Crippen LogP contribution >= 0.6 is 0 Å². The first-order chi connectivity index (χ1) is 12.3. The minimum Gasteiger partial charge on any atom is -0.357 e. The Bertz CT molecular complexity index is 934. The molecule has 4 rings (SSSR count). The van der Waals surface area contributed by atoms with Crippen molar-refractivity contribution in [2.75, 3.05) is 25.4 Å². The number of piperidine rings is 1. The molecule has 0 saturated carbocycles. The molecule has 1 fully saturated rings. The van der Waals surface area contributed by atoms with Gasteiger partial charge in [-0.15, -0.1) is 0 Å². The smallest absolute Gasteiger partial charge is 0.267 e. The van der Waals surface area contributed by atoms with E-state index < -0.39 is 10.1 Å². The molecule has 0 aliphatic carbocycles. The number of hydrogen-bond donors (Lipinski definition) is 1. The van der Waals surface area contributed by atoms with E-state index in [0.717, 1.165) is 32.4 Å². The van der Waals surface area contributed by atoms with Crippen LogP contribution < -0.4 is 0 Å². The lowest BCUT2D eigenvalue weighted by Crippen LogP contribution is -2.57. The normalized spacial score (nSPS) is 26.7. The number of nitrogens with one attached hydrogen (secondary N) is 1. The van der Waals surface area contributed by atoms with Crippen molar-refractivity contribution in [3.63, 3.8) is 0 Å². The van der Waals surface area contributed by atoms with E-state index in [1.807, 2.05) is 0 Å². The molecule has 1 saturated heterocycles. The minimum atomic E-state index is -3.42. The highest BCUT2D eigenvalue weighted by molar-refractivity contribution is 7.86. The molecular weight excluding hydrogens is 348 g/mol. The summed E-state index contributed by atoms with van der Waals surface area (Å²) in [5.41, 5.74) is 4.89. The van der Waals surface area contributed by atoms with Crippen LogP contribution in [0.2, 0.25) is 0 Å². The molecule has 142 valence electrons. The van der Waals surface area contributed by atoms with Gasteiger partial charge in [-0.05, 0) is 64.3 Å². The van der Waals surface area contributed by atoms with Gasteiger partial charge in [-0.25, -0.2) is 0 Å². The first-order valence-corrected chi connectivity index (χ1v) is 11.2. The molecule has 0 amide bonds. The van der Waals surface area contributed by atoms with Gasteiger partial charge in [0.05, 0.1) is 17.9 Å². The Kier molecular flexibility index (Phi) is 4.40. The summed E-state index contributed by atoms with van der Waals surface area (Å²) >= 11 is 0. The third-order valence-electron chi connectivity index (χ3n) is 6.43. The molecule has 2 aliphatic rings. The fraction of sp³-hybridized carbons (Fsp3) is 0.600. The molecule has 0 spiro atoms. The van der Waals surface area contributed by atoms with Crippen LogP contribution in [0, 0.1) is 12.8 Å². The number of H-pyrrole nitrogens is 1. The highest BCUT2D eigenvalue weighted by Crippen LogP contribution is 2.47. The van der Waals surface area contributed by atoms with Gasteiger partial charge in [-0.1, -0.05) is 11.6 Å². The first kappa shape index (κ1) is 18.0. The second-order valence-corrected chi connectivity index (χ2v) is 9.81. The second kappa shape index (κ2) is 6.36. The highest BCUT2D eigenvalue weighted by Gasteiger charge is 2.48. The summed E-state index contributed by atoms with van der Waals surface area (Å²) < 4.78 is 29.1. The molecule has 0 bridgehead atoms. The average Bonchev–Trinajstić information content (AvgIpc) is 2.99. The number of rotatable bonds is 4. The van der Waals surface area contributed by atoms with E-state index in [2.05, 4.69) is 41.9 Å². The van der Waals surface area contributed by atoms with Gasteiger partial charge in [-0.2, -0.15) is 8.42 Å². The van der Waals surface area contributed by atoms with Crippen molar-refractivity contribution in [3.05, 3.63) is 35.0 Å². The van der Waals surface area contributed by atoms with Crippen molar-refractivity contribution in [1.82, 2.24) is 9.88 Å². The number of fused-ring (bicyclic) bond motifs is 5. The predicted octanol–water partition coefficient (Wildman–Crippen LogP) is 3.33. The number of nitrogens with zero attached hydrogens (tertiary/aromatic N) is 1. The predicted molar refractivity (Wildman–Crippen MR) is 104 cm³/mol. The summed E-state index contributed by atoms with van der Waals surface area (Å²) in [4.78, 5) is 6.20.